The minimum absolute atomic E-state index is 0.0772. The molecule has 0 bridgehead atoms. The second kappa shape index (κ2) is 6.77. The monoisotopic (exact) mass is 330 g/mol. The molecule has 3 aromatic carbocycles. The minimum atomic E-state index is -0.391. The number of benzene rings is 3. The van der Waals surface area contributed by atoms with Crippen molar-refractivity contribution < 1.29 is 9.53 Å². The standard InChI is InChI=1S/C21H18N2O2/c24-21-23(20(15-25-21)13-16-6-2-1-3-7-16)22-14-17-10-11-18-8-4-5-9-19(18)12-17/h1-12,14,20H,13,15H2/b22-14+/t20-/m0/s1. The van der Waals surface area contributed by atoms with Gasteiger partial charge in [0.15, 0.2) is 0 Å². The lowest BCUT2D eigenvalue weighted by atomic mass is 10.1. The van der Waals surface area contributed by atoms with Crippen LogP contribution in [0, 0.1) is 0 Å². The third-order valence-electron chi connectivity index (χ3n) is 4.35. The van der Waals surface area contributed by atoms with Gasteiger partial charge in [-0.25, -0.2) is 4.79 Å². The minimum Gasteiger partial charge on any atom is -0.446 e. The Bertz CT molecular complexity index is 921. The van der Waals surface area contributed by atoms with Gasteiger partial charge < -0.3 is 4.74 Å². The second-order valence-electron chi connectivity index (χ2n) is 6.12. The van der Waals surface area contributed by atoms with Crippen LogP contribution in [0.1, 0.15) is 11.1 Å². The molecule has 1 aliphatic heterocycles. The van der Waals surface area contributed by atoms with Crippen molar-refractivity contribution in [1.82, 2.24) is 5.01 Å². The molecule has 25 heavy (non-hydrogen) atoms. The highest BCUT2D eigenvalue weighted by Gasteiger charge is 2.32. The molecule has 3 aromatic rings. The number of hydrogen-bond acceptors (Lipinski definition) is 3. The molecule has 1 saturated heterocycles. The molecule has 1 heterocycles. The summed E-state index contributed by atoms with van der Waals surface area (Å²) in [6.45, 7) is 0.364. The Kier molecular flexibility index (Phi) is 4.17. The first-order chi connectivity index (χ1) is 12.3. The quantitative estimate of drug-likeness (QED) is 0.672. The van der Waals surface area contributed by atoms with E-state index in [0.29, 0.717) is 6.61 Å². The molecule has 0 N–H and O–H groups in total. The first-order valence-corrected chi connectivity index (χ1v) is 8.32. The fourth-order valence-corrected chi connectivity index (χ4v) is 3.04. The van der Waals surface area contributed by atoms with Crippen molar-refractivity contribution in [3.8, 4) is 0 Å². The normalized spacial score (nSPS) is 17.4. The van der Waals surface area contributed by atoms with Crippen molar-refractivity contribution >= 4 is 23.1 Å². The van der Waals surface area contributed by atoms with Crippen molar-refractivity contribution in [3.63, 3.8) is 0 Å². The van der Waals surface area contributed by atoms with E-state index in [0.717, 1.165) is 22.9 Å². The lowest BCUT2D eigenvalue weighted by Gasteiger charge is -2.15. The summed E-state index contributed by atoms with van der Waals surface area (Å²) in [5, 5.41) is 8.17. The molecule has 1 amide bonds. The second-order valence-corrected chi connectivity index (χ2v) is 6.12. The fourth-order valence-electron chi connectivity index (χ4n) is 3.04. The maximum atomic E-state index is 12.0. The van der Waals surface area contributed by atoms with Gasteiger partial charge in [0, 0.05) is 0 Å². The number of ether oxygens (including phenoxy) is 1. The molecule has 4 heteroatoms. The van der Waals surface area contributed by atoms with Crippen molar-refractivity contribution in [1.29, 1.82) is 0 Å². The van der Waals surface area contributed by atoms with Crippen LogP contribution in [0.3, 0.4) is 0 Å². The maximum Gasteiger partial charge on any atom is 0.430 e. The van der Waals surface area contributed by atoms with Crippen LogP contribution in [0.25, 0.3) is 10.8 Å². The molecule has 0 aliphatic carbocycles. The molecule has 0 unspecified atom stereocenters. The number of nitrogens with zero attached hydrogens (tertiary/aromatic N) is 2. The molecule has 1 fully saturated rings. The third kappa shape index (κ3) is 3.38. The van der Waals surface area contributed by atoms with Gasteiger partial charge in [0.1, 0.15) is 6.61 Å². The summed E-state index contributed by atoms with van der Waals surface area (Å²) in [5.41, 5.74) is 2.12. The maximum absolute atomic E-state index is 12.0. The number of hydrazone groups is 1. The van der Waals surface area contributed by atoms with Gasteiger partial charge in [0.2, 0.25) is 0 Å². The molecule has 4 rings (SSSR count). The first kappa shape index (κ1) is 15.4. The topological polar surface area (TPSA) is 41.9 Å². The van der Waals surface area contributed by atoms with E-state index in [9.17, 15) is 4.79 Å². The third-order valence-corrected chi connectivity index (χ3v) is 4.35. The molecule has 1 aliphatic rings. The van der Waals surface area contributed by atoms with Crippen molar-refractivity contribution in [2.24, 2.45) is 5.10 Å². The van der Waals surface area contributed by atoms with Crippen molar-refractivity contribution in [2.75, 3.05) is 6.61 Å². The van der Waals surface area contributed by atoms with Crippen molar-refractivity contribution in [3.05, 3.63) is 83.9 Å². The van der Waals surface area contributed by atoms with Crippen LogP contribution in [0.2, 0.25) is 0 Å². The number of amides is 1. The van der Waals surface area contributed by atoms with Gasteiger partial charge in [-0.05, 0) is 34.4 Å². The zero-order valence-electron chi connectivity index (χ0n) is 13.7. The Morgan fingerprint density at radius 3 is 2.60 bits per heavy atom. The summed E-state index contributed by atoms with van der Waals surface area (Å²) in [5.74, 6) is 0. The number of cyclic esters (lactones) is 1. The Morgan fingerprint density at radius 1 is 1.00 bits per heavy atom. The molecule has 124 valence electrons. The SMILES string of the molecule is O=C1OC[C@H](Cc2ccccc2)N1/N=C/c1ccc2ccccc2c1. The molecule has 0 radical (unpaired) electrons. The molecular weight excluding hydrogens is 312 g/mol. The average Bonchev–Trinajstić information content (AvgIpc) is 3.00. The van der Waals surface area contributed by atoms with Crippen LogP contribution in [0.4, 0.5) is 4.79 Å². The Morgan fingerprint density at radius 2 is 1.76 bits per heavy atom. The lowest BCUT2D eigenvalue weighted by Crippen LogP contribution is -2.30. The van der Waals surface area contributed by atoms with E-state index in [1.54, 1.807) is 6.21 Å². The van der Waals surface area contributed by atoms with Crippen LogP contribution in [-0.4, -0.2) is 30.0 Å². The molecule has 1 atom stereocenters. The first-order valence-electron chi connectivity index (χ1n) is 8.32. The Balaban J connectivity index is 1.54. The van der Waals surface area contributed by atoms with E-state index in [1.807, 2.05) is 48.5 Å². The Hall–Kier alpha value is -3.14. The van der Waals surface area contributed by atoms with E-state index >= 15 is 0 Å². The van der Waals surface area contributed by atoms with Gasteiger partial charge in [-0.1, -0.05) is 66.7 Å². The zero-order valence-corrected chi connectivity index (χ0v) is 13.7. The summed E-state index contributed by atoms with van der Waals surface area (Å²) in [4.78, 5) is 12.0. The lowest BCUT2D eigenvalue weighted by molar-refractivity contribution is 0.159. The average molecular weight is 330 g/mol. The molecular formula is C21H18N2O2. The predicted molar refractivity (Wildman–Crippen MR) is 98.7 cm³/mol. The number of fused-ring (bicyclic) bond motifs is 1. The molecule has 0 saturated carbocycles. The summed E-state index contributed by atoms with van der Waals surface area (Å²) in [6.07, 6.45) is 2.05. The van der Waals surface area contributed by atoms with Crippen molar-refractivity contribution in [2.45, 2.75) is 12.5 Å². The summed E-state index contributed by atoms with van der Waals surface area (Å²) < 4.78 is 5.18. The van der Waals surface area contributed by atoms with Gasteiger partial charge in [0.25, 0.3) is 0 Å². The van der Waals surface area contributed by atoms with E-state index in [-0.39, 0.29) is 6.04 Å². The number of hydrogen-bond donors (Lipinski definition) is 0. The van der Waals surface area contributed by atoms with E-state index < -0.39 is 6.09 Å². The highest BCUT2D eigenvalue weighted by molar-refractivity contribution is 5.90. The highest BCUT2D eigenvalue weighted by atomic mass is 16.6. The predicted octanol–water partition coefficient (Wildman–Crippen LogP) is 4.24. The smallest absolute Gasteiger partial charge is 0.430 e. The molecule has 0 aromatic heterocycles. The molecule has 4 nitrogen and oxygen atoms in total. The number of carbonyl (C=O) groups excluding carboxylic acids is 1. The summed E-state index contributed by atoms with van der Waals surface area (Å²) in [6, 6.07) is 24.3. The highest BCUT2D eigenvalue weighted by Crippen LogP contribution is 2.18. The van der Waals surface area contributed by atoms with Crippen LogP contribution in [0.5, 0.6) is 0 Å². The van der Waals surface area contributed by atoms with Crippen LogP contribution in [-0.2, 0) is 11.2 Å². The van der Waals surface area contributed by atoms with Gasteiger partial charge >= 0.3 is 6.09 Å². The summed E-state index contributed by atoms with van der Waals surface area (Å²) in [7, 11) is 0. The van der Waals surface area contributed by atoms with E-state index in [1.165, 1.54) is 10.4 Å². The van der Waals surface area contributed by atoms with Gasteiger partial charge in [-0.3, -0.25) is 0 Å². The number of rotatable bonds is 4. The van der Waals surface area contributed by atoms with Crippen LogP contribution < -0.4 is 0 Å². The van der Waals surface area contributed by atoms with Gasteiger partial charge in [-0.2, -0.15) is 10.1 Å². The summed E-state index contributed by atoms with van der Waals surface area (Å²) >= 11 is 0. The van der Waals surface area contributed by atoms with E-state index in [2.05, 4.69) is 29.4 Å². The number of carbonyl (C=O) groups is 1. The van der Waals surface area contributed by atoms with Gasteiger partial charge in [-0.15, -0.1) is 0 Å². The van der Waals surface area contributed by atoms with Gasteiger partial charge in [0.05, 0.1) is 12.3 Å². The fraction of sp³-hybridized carbons (Fsp3) is 0.143. The van der Waals surface area contributed by atoms with Crippen LogP contribution >= 0.6 is 0 Å². The largest absolute Gasteiger partial charge is 0.446 e. The zero-order chi connectivity index (χ0) is 17.1. The van der Waals surface area contributed by atoms with Crippen LogP contribution in [0.15, 0.2) is 77.9 Å². The molecule has 0 spiro atoms. The Labute approximate surface area is 146 Å². The van der Waals surface area contributed by atoms with E-state index in [4.69, 9.17) is 4.74 Å².